The molecule has 1 saturated carbocycles. The molecule has 5 nitrogen and oxygen atoms in total. The van der Waals surface area contributed by atoms with E-state index < -0.39 is 11.5 Å². The van der Waals surface area contributed by atoms with Crippen LogP contribution in [0.1, 0.15) is 50.2 Å². The van der Waals surface area contributed by atoms with E-state index in [1.807, 2.05) is 42.7 Å². The van der Waals surface area contributed by atoms with Crippen LogP contribution in [-0.4, -0.2) is 28.1 Å². The minimum absolute atomic E-state index is 0.0243. The second kappa shape index (κ2) is 10.1. The Morgan fingerprint density at radius 3 is 2.53 bits per heavy atom. The van der Waals surface area contributed by atoms with Crippen LogP contribution < -0.4 is 10.6 Å². The summed E-state index contributed by atoms with van der Waals surface area (Å²) in [5, 5.41) is 17.8. The summed E-state index contributed by atoms with van der Waals surface area (Å²) in [6.45, 7) is 3.22. The molecule has 188 valence electrons. The Hall–Kier alpha value is -3.05. The molecule has 3 N–H and O–H groups in total. The maximum absolute atomic E-state index is 12.6. The Kier molecular flexibility index (Phi) is 6.94. The molecule has 1 aromatic heterocycles. The molecule has 0 amide bonds. The van der Waals surface area contributed by atoms with Crippen molar-refractivity contribution in [3.8, 4) is 0 Å². The third-order valence-corrected chi connectivity index (χ3v) is 8.67. The zero-order valence-electron chi connectivity index (χ0n) is 20.7. The number of hydrogen-bond donors (Lipinski definition) is 3. The van der Waals surface area contributed by atoms with E-state index in [2.05, 4.69) is 46.8 Å². The quantitative estimate of drug-likeness (QED) is 0.315. The van der Waals surface area contributed by atoms with Gasteiger partial charge in [0.15, 0.2) is 0 Å². The van der Waals surface area contributed by atoms with Gasteiger partial charge in [0.1, 0.15) is 5.54 Å². The maximum Gasteiger partial charge on any atom is 0.329 e. The predicted molar refractivity (Wildman–Crippen MR) is 146 cm³/mol. The summed E-state index contributed by atoms with van der Waals surface area (Å²) in [6, 6.07) is 20.2. The molecule has 0 aliphatic heterocycles. The van der Waals surface area contributed by atoms with Gasteiger partial charge in [0.05, 0.1) is 0 Å². The SMILES string of the molecule is C[C@@H](CNc1ccncc1)C[C@H]1Cc2ccccc2C12CCC(Nc1cccc(Cl)c1)(C(=O)O)CC2. The molecule has 2 atom stereocenters. The number of carboxylic acids is 1. The van der Waals surface area contributed by atoms with E-state index in [-0.39, 0.29) is 5.41 Å². The zero-order valence-corrected chi connectivity index (χ0v) is 21.5. The van der Waals surface area contributed by atoms with Crippen molar-refractivity contribution in [2.75, 3.05) is 17.2 Å². The largest absolute Gasteiger partial charge is 0.480 e. The molecule has 1 heterocycles. The summed E-state index contributed by atoms with van der Waals surface area (Å²) in [6.07, 6.45) is 8.68. The van der Waals surface area contributed by atoms with E-state index in [1.54, 1.807) is 6.07 Å². The number of aliphatic carboxylic acids is 1. The van der Waals surface area contributed by atoms with Gasteiger partial charge in [0, 0.05) is 35.3 Å². The second-order valence-electron chi connectivity index (χ2n) is 10.7. The van der Waals surface area contributed by atoms with Crippen LogP contribution in [0, 0.1) is 11.8 Å². The van der Waals surface area contributed by atoms with Gasteiger partial charge in [-0.3, -0.25) is 4.98 Å². The number of carboxylic acid groups (broad SMARTS) is 1. The normalized spacial score (nSPS) is 25.8. The molecule has 2 aromatic carbocycles. The van der Waals surface area contributed by atoms with Crippen LogP contribution in [0.5, 0.6) is 0 Å². The molecular weight excluding hydrogens is 470 g/mol. The van der Waals surface area contributed by atoms with Crippen LogP contribution >= 0.6 is 11.6 Å². The van der Waals surface area contributed by atoms with Crippen molar-refractivity contribution < 1.29 is 9.90 Å². The fourth-order valence-electron chi connectivity index (χ4n) is 6.54. The third-order valence-electron chi connectivity index (χ3n) is 8.44. The minimum Gasteiger partial charge on any atom is -0.480 e. The number of fused-ring (bicyclic) bond motifs is 2. The highest BCUT2D eigenvalue weighted by Crippen LogP contribution is 2.56. The lowest BCUT2D eigenvalue weighted by Gasteiger charge is -2.47. The first-order chi connectivity index (χ1) is 17.4. The van der Waals surface area contributed by atoms with Crippen molar-refractivity contribution in [3.05, 3.63) is 89.2 Å². The molecule has 6 heteroatoms. The average molecular weight is 504 g/mol. The Bertz CT molecular complexity index is 1210. The van der Waals surface area contributed by atoms with E-state index in [1.165, 1.54) is 11.1 Å². The van der Waals surface area contributed by atoms with E-state index in [9.17, 15) is 9.90 Å². The van der Waals surface area contributed by atoms with Gasteiger partial charge in [0.2, 0.25) is 0 Å². The van der Waals surface area contributed by atoms with Gasteiger partial charge in [-0.2, -0.15) is 0 Å². The molecule has 0 bridgehead atoms. The first-order valence-electron chi connectivity index (χ1n) is 12.9. The van der Waals surface area contributed by atoms with Gasteiger partial charge in [-0.05, 0) is 97.2 Å². The monoisotopic (exact) mass is 503 g/mol. The summed E-state index contributed by atoms with van der Waals surface area (Å²) < 4.78 is 0. The second-order valence-corrected chi connectivity index (χ2v) is 11.1. The number of benzene rings is 2. The standard InChI is InChI=1S/C30H34ClN3O2/c1-21(20-33-25-9-15-32-16-10-25)17-23-18-22-5-2-3-8-27(22)29(23)11-13-30(14-12-29,28(35)36)34-26-7-4-6-24(31)19-26/h2-10,15-16,19,21,23,34H,11-14,17-18,20H2,1H3,(H,32,33)(H,35,36)/t21-,23+,29?,30?/m1/s1. The average Bonchev–Trinajstić information content (AvgIpc) is 3.17. The lowest BCUT2D eigenvalue weighted by atomic mass is 9.59. The van der Waals surface area contributed by atoms with Crippen molar-refractivity contribution in [2.45, 2.75) is 56.4 Å². The highest BCUT2D eigenvalue weighted by molar-refractivity contribution is 6.30. The molecule has 0 radical (unpaired) electrons. The summed E-state index contributed by atoms with van der Waals surface area (Å²) >= 11 is 6.18. The van der Waals surface area contributed by atoms with Gasteiger partial charge in [-0.15, -0.1) is 0 Å². The number of carbonyl (C=O) groups is 1. The van der Waals surface area contributed by atoms with E-state index in [4.69, 9.17) is 11.6 Å². The topological polar surface area (TPSA) is 74.2 Å². The molecule has 0 unspecified atom stereocenters. The molecule has 3 aromatic rings. The van der Waals surface area contributed by atoms with Crippen LogP contribution in [0.15, 0.2) is 73.1 Å². The van der Waals surface area contributed by atoms with Gasteiger partial charge in [-0.1, -0.05) is 48.9 Å². The Labute approximate surface area is 218 Å². The molecular formula is C30H34ClN3O2. The van der Waals surface area contributed by atoms with Crippen LogP contribution in [0.3, 0.4) is 0 Å². The first-order valence-corrected chi connectivity index (χ1v) is 13.3. The lowest BCUT2D eigenvalue weighted by molar-refractivity contribution is -0.144. The fourth-order valence-corrected chi connectivity index (χ4v) is 6.73. The van der Waals surface area contributed by atoms with Crippen LogP contribution in [0.25, 0.3) is 0 Å². The fraction of sp³-hybridized carbons (Fsp3) is 0.400. The number of aromatic nitrogens is 1. The van der Waals surface area contributed by atoms with Gasteiger partial charge in [-0.25, -0.2) is 4.79 Å². The molecule has 2 aliphatic carbocycles. The summed E-state index contributed by atoms with van der Waals surface area (Å²) in [5.41, 5.74) is 3.77. The predicted octanol–water partition coefficient (Wildman–Crippen LogP) is 6.79. The number of nitrogens with one attached hydrogen (secondary N) is 2. The Balaban J connectivity index is 1.35. The maximum atomic E-state index is 12.6. The minimum atomic E-state index is -0.980. The highest BCUT2D eigenvalue weighted by Gasteiger charge is 2.53. The molecule has 1 fully saturated rings. The van der Waals surface area contributed by atoms with Gasteiger partial charge in [0.25, 0.3) is 0 Å². The van der Waals surface area contributed by atoms with Crippen LogP contribution in [-0.2, 0) is 16.6 Å². The van der Waals surface area contributed by atoms with Crippen molar-refractivity contribution in [3.63, 3.8) is 0 Å². The van der Waals surface area contributed by atoms with Crippen molar-refractivity contribution in [1.82, 2.24) is 4.98 Å². The Morgan fingerprint density at radius 1 is 1.06 bits per heavy atom. The number of rotatable bonds is 8. The lowest BCUT2D eigenvalue weighted by Crippen LogP contribution is -2.53. The third kappa shape index (κ3) is 4.81. The number of anilines is 2. The molecule has 1 spiro atoms. The molecule has 0 saturated heterocycles. The smallest absolute Gasteiger partial charge is 0.329 e. The van der Waals surface area contributed by atoms with E-state index in [0.717, 1.165) is 43.6 Å². The summed E-state index contributed by atoms with van der Waals surface area (Å²) in [4.78, 5) is 16.7. The molecule has 5 rings (SSSR count). The van der Waals surface area contributed by atoms with Crippen molar-refractivity contribution in [2.24, 2.45) is 11.8 Å². The number of hydrogen-bond acceptors (Lipinski definition) is 4. The number of pyridine rings is 1. The van der Waals surface area contributed by atoms with Gasteiger partial charge >= 0.3 is 5.97 Å². The highest BCUT2D eigenvalue weighted by atomic mass is 35.5. The number of halogens is 1. The molecule has 2 aliphatic rings. The number of nitrogens with zero attached hydrogens (tertiary/aromatic N) is 1. The molecule has 36 heavy (non-hydrogen) atoms. The first kappa shape index (κ1) is 24.6. The van der Waals surface area contributed by atoms with E-state index in [0.29, 0.717) is 29.7 Å². The van der Waals surface area contributed by atoms with Gasteiger partial charge < -0.3 is 15.7 Å². The zero-order chi connectivity index (χ0) is 25.2. The Morgan fingerprint density at radius 2 is 1.81 bits per heavy atom. The summed E-state index contributed by atoms with van der Waals surface area (Å²) in [7, 11) is 0. The van der Waals surface area contributed by atoms with Crippen LogP contribution in [0.2, 0.25) is 5.02 Å². The summed E-state index contributed by atoms with van der Waals surface area (Å²) in [5.74, 6) is 0.210. The van der Waals surface area contributed by atoms with Crippen molar-refractivity contribution >= 4 is 28.9 Å². The van der Waals surface area contributed by atoms with Crippen LogP contribution in [0.4, 0.5) is 11.4 Å². The van der Waals surface area contributed by atoms with E-state index >= 15 is 0 Å². The van der Waals surface area contributed by atoms with Crippen molar-refractivity contribution in [1.29, 1.82) is 0 Å².